The molecule has 0 amide bonds. The van der Waals surface area contributed by atoms with Crippen LogP contribution in [0.1, 0.15) is 41.5 Å². The monoisotopic (exact) mass is 354 g/mol. The van der Waals surface area contributed by atoms with E-state index in [1.807, 2.05) is 13.8 Å². The Labute approximate surface area is 156 Å². The number of carbonyl (C=O) groups is 1. The van der Waals surface area contributed by atoms with Crippen molar-refractivity contribution in [2.24, 2.45) is 11.8 Å². The lowest BCUT2D eigenvalue weighted by atomic mass is 9.95. The van der Waals surface area contributed by atoms with Gasteiger partial charge in [-0.2, -0.15) is 0 Å². The number of nitrogens with zero attached hydrogens (tertiary/aromatic N) is 3. The van der Waals surface area contributed by atoms with Gasteiger partial charge in [-0.3, -0.25) is 9.69 Å². The third-order valence-electron chi connectivity index (χ3n) is 5.79. The first-order valence-corrected chi connectivity index (χ1v) is 10.5. The Morgan fingerprint density at radius 3 is 2.28 bits per heavy atom. The molecule has 0 atom stereocenters. The Hall–Kier alpha value is -0.490. The highest BCUT2D eigenvalue weighted by atomic mass is 16.1. The van der Waals surface area contributed by atoms with Crippen molar-refractivity contribution >= 4 is 5.78 Å². The SMILES string of the molecule is CCNCCCN1CCN(CC2CCN(CC(=O)C(C)C)CC2)CC1.[HH]. The summed E-state index contributed by atoms with van der Waals surface area (Å²) in [6, 6.07) is 0. The molecule has 5 heteroatoms. The lowest BCUT2D eigenvalue weighted by Crippen LogP contribution is -2.49. The third kappa shape index (κ3) is 7.73. The van der Waals surface area contributed by atoms with Gasteiger partial charge in [0.05, 0.1) is 6.54 Å². The summed E-state index contributed by atoms with van der Waals surface area (Å²) in [5.41, 5.74) is 0. The van der Waals surface area contributed by atoms with E-state index in [1.165, 1.54) is 58.5 Å². The Balaban J connectivity index is 0.00000338. The molecule has 25 heavy (non-hydrogen) atoms. The number of piperazine rings is 1. The number of hydrogen-bond donors (Lipinski definition) is 1. The van der Waals surface area contributed by atoms with Gasteiger partial charge >= 0.3 is 0 Å². The molecular formula is C20H42N4O. The molecule has 0 radical (unpaired) electrons. The number of ketones is 1. The van der Waals surface area contributed by atoms with Crippen molar-refractivity contribution in [3.63, 3.8) is 0 Å². The molecule has 148 valence electrons. The average Bonchev–Trinajstić information content (AvgIpc) is 2.61. The molecule has 2 rings (SSSR count). The Morgan fingerprint density at radius 2 is 1.68 bits per heavy atom. The van der Waals surface area contributed by atoms with Gasteiger partial charge in [-0.1, -0.05) is 20.8 Å². The first-order chi connectivity index (χ1) is 12.1. The molecule has 5 nitrogen and oxygen atoms in total. The average molecular weight is 355 g/mol. The minimum atomic E-state index is 0. The van der Waals surface area contributed by atoms with Crippen molar-refractivity contribution in [3.8, 4) is 0 Å². The zero-order valence-electron chi connectivity index (χ0n) is 16.8. The van der Waals surface area contributed by atoms with E-state index in [4.69, 9.17) is 0 Å². The Bertz CT molecular complexity index is 378. The molecule has 2 aliphatic heterocycles. The van der Waals surface area contributed by atoms with E-state index in [1.54, 1.807) is 0 Å². The predicted molar refractivity (Wildman–Crippen MR) is 107 cm³/mol. The van der Waals surface area contributed by atoms with Gasteiger partial charge in [0.1, 0.15) is 5.78 Å². The zero-order valence-corrected chi connectivity index (χ0v) is 16.8. The Morgan fingerprint density at radius 1 is 1.04 bits per heavy atom. The van der Waals surface area contributed by atoms with E-state index in [9.17, 15) is 4.79 Å². The quantitative estimate of drug-likeness (QED) is 0.606. The zero-order chi connectivity index (χ0) is 18.1. The van der Waals surface area contributed by atoms with Gasteiger partial charge in [-0.25, -0.2) is 0 Å². The van der Waals surface area contributed by atoms with Crippen LogP contribution in [0, 0.1) is 11.8 Å². The second-order valence-corrected chi connectivity index (χ2v) is 8.19. The highest BCUT2D eigenvalue weighted by Crippen LogP contribution is 2.19. The lowest BCUT2D eigenvalue weighted by Gasteiger charge is -2.39. The highest BCUT2D eigenvalue weighted by molar-refractivity contribution is 5.82. The molecule has 2 fully saturated rings. The second kappa shape index (κ2) is 11.3. The summed E-state index contributed by atoms with van der Waals surface area (Å²) in [7, 11) is 0. The summed E-state index contributed by atoms with van der Waals surface area (Å²) in [4.78, 5) is 19.5. The van der Waals surface area contributed by atoms with Crippen molar-refractivity contribution in [2.45, 2.75) is 40.0 Å². The first kappa shape index (κ1) is 20.8. The first-order valence-electron chi connectivity index (χ1n) is 10.5. The number of nitrogens with one attached hydrogen (secondary N) is 1. The van der Waals surface area contributed by atoms with Gasteiger partial charge in [-0.15, -0.1) is 0 Å². The summed E-state index contributed by atoms with van der Waals surface area (Å²) in [6.45, 7) is 18.7. The van der Waals surface area contributed by atoms with Crippen molar-refractivity contribution in [2.75, 3.05) is 72.0 Å². The molecular weight excluding hydrogens is 312 g/mol. The van der Waals surface area contributed by atoms with Crippen LogP contribution in [0.15, 0.2) is 0 Å². The second-order valence-electron chi connectivity index (χ2n) is 8.19. The number of hydrogen-bond acceptors (Lipinski definition) is 5. The van der Waals surface area contributed by atoms with E-state index in [0.717, 1.165) is 32.1 Å². The normalized spacial score (nSPS) is 21.9. The fourth-order valence-corrected chi connectivity index (χ4v) is 3.90. The van der Waals surface area contributed by atoms with Crippen molar-refractivity contribution in [1.82, 2.24) is 20.0 Å². The standard InChI is InChI=1S/C20H40N4O.H2/c1-4-21-8-5-9-22-12-14-24(15-13-22)16-19-6-10-23(11-7-19)17-20(25)18(2)3;/h18-19,21H,4-17H2,1-3H3;1H. The van der Waals surface area contributed by atoms with Gasteiger partial charge in [0, 0.05) is 40.1 Å². The Kier molecular flexibility index (Phi) is 9.39. The van der Waals surface area contributed by atoms with E-state index >= 15 is 0 Å². The molecule has 2 aliphatic rings. The number of rotatable bonds is 10. The van der Waals surface area contributed by atoms with Crippen LogP contribution in [-0.4, -0.2) is 92.5 Å². The van der Waals surface area contributed by atoms with Gasteiger partial charge in [0.15, 0.2) is 0 Å². The number of piperidine rings is 1. The molecule has 0 aromatic rings. The summed E-state index contributed by atoms with van der Waals surface area (Å²) >= 11 is 0. The molecule has 2 saturated heterocycles. The molecule has 2 heterocycles. The summed E-state index contributed by atoms with van der Waals surface area (Å²) < 4.78 is 0. The van der Waals surface area contributed by atoms with Crippen LogP contribution in [0.2, 0.25) is 0 Å². The van der Waals surface area contributed by atoms with Crippen LogP contribution < -0.4 is 5.32 Å². The maximum atomic E-state index is 11.9. The minimum Gasteiger partial charge on any atom is -0.317 e. The van der Waals surface area contributed by atoms with Crippen molar-refractivity contribution < 1.29 is 6.22 Å². The van der Waals surface area contributed by atoms with Crippen molar-refractivity contribution in [3.05, 3.63) is 0 Å². The van der Waals surface area contributed by atoms with Crippen LogP contribution in [0.3, 0.4) is 0 Å². The number of likely N-dealkylation sites (tertiary alicyclic amines) is 1. The van der Waals surface area contributed by atoms with Crippen LogP contribution >= 0.6 is 0 Å². The van der Waals surface area contributed by atoms with E-state index in [-0.39, 0.29) is 7.34 Å². The summed E-state index contributed by atoms with van der Waals surface area (Å²) in [5.74, 6) is 1.39. The summed E-state index contributed by atoms with van der Waals surface area (Å²) in [6.07, 6.45) is 3.78. The van der Waals surface area contributed by atoms with Gasteiger partial charge in [0.2, 0.25) is 0 Å². The molecule has 0 aliphatic carbocycles. The smallest absolute Gasteiger partial charge is 0.149 e. The van der Waals surface area contributed by atoms with Crippen LogP contribution in [-0.2, 0) is 4.79 Å². The van der Waals surface area contributed by atoms with Gasteiger partial charge < -0.3 is 15.1 Å². The van der Waals surface area contributed by atoms with Gasteiger partial charge in [-0.05, 0) is 57.9 Å². The number of carbonyl (C=O) groups excluding carboxylic acids is 1. The van der Waals surface area contributed by atoms with Crippen LogP contribution in [0.4, 0.5) is 0 Å². The fraction of sp³-hybridized carbons (Fsp3) is 0.950. The third-order valence-corrected chi connectivity index (χ3v) is 5.79. The maximum absolute atomic E-state index is 11.9. The topological polar surface area (TPSA) is 38.8 Å². The van der Waals surface area contributed by atoms with Crippen LogP contribution in [0.25, 0.3) is 0 Å². The maximum Gasteiger partial charge on any atom is 0.149 e. The molecule has 0 bridgehead atoms. The lowest BCUT2D eigenvalue weighted by molar-refractivity contribution is -0.123. The molecule has 0 unspecified atom stereocenters. The molecule has 0 spiro atoms. The van der Waals surface area contributed by atoms with Gasteiger partial charge in [0.25, 0.3) is 0 Å². The molecule has 0 saturated carbocycles. The summed E-state index contributed by atoms with van der Waals surface area (Å²) in [5, 5.41) is 3.41. The largest absolute Gasteiger partial charge is 0.317 e. The molecule has 0 aromatic carbocycles. The minimum absolute atomic E-state index is 0. The molecule has 0 aromatic heterocycles. The van der Waals surface area contributed by atoms with E-state index < -0.39 is 0 Å². The number of Topliss-reactive ketones (excluding diaryl/α,β-unsaturated/α-hetero) is 1. The van der Waals surface area contributed by atoms with Crippen molar-refractivity contribution in [1.29, 1.82) is 0 Å². The van der Waals surface area contributed by atoms with E-state index in [2.05, 4.69) is 26.9 Å². The fourth-order valence-electron chi connectivity index (χ4n) is 3.90. The van der Waals surface area contributed by atoms with Crippen LogP contribution in [0.5, 0.6) is 0 Å². The predicted octanol–water partition coefficient (Wildman–Crippen LogP) is 1.79. The molecule has 1 N–H and O–H groups in total. The highest BCUT2D eigenvalue weighted by Gasteiger charge is 2.24. The van der Waals surface area contributed by atoms with E-state index in [0.29, 0.717) is 12.3 Å².